The Labute approximate surface area is 89.9 Å². The Hall–Kier alpha value is -1.13. The summed E-state index contributed by atoms with van der Waals surface area (Å²) in [7, 11) is 1.61. The highest BCUT2D eigenvalue weighted by atomic mass is 16.7. The Kier molecular flexibility index (Phi) is 4.05. The number of methoxy groups -OCH3 is 1. The minimum Gasteiger partial charge on any atom is -0.349 e. The molecule has 84 valence electrons. The highest BCUT2D eigenvalue weighted by Crippen LogP contribution is 2.24. The zero-order valence-electron chi connectivity index (χ0n) is 9.37. The lowest BCUT2D eigenvalue weighted by Crippen LogP contribution is -2.34. The van der Waals surface area contributed by atoms with Gasteiger partial charge in [0.15, 0.2) is 5.79 Å². The van der Waals surface area contributed by atoms with Crippen molar-refractivity contribution in [2.75, 3.05) is 13.7 Å². The van der Waals surface area contributed by atoms with Crippen LogP contribution in [-0.4, -0.2) is 25.4 Å². The first kappa shape index (κ1) is 11.9. The van der Waals surface area contributed by atoms with Gasteiger partial charge in [-0.15, -0.1) is 0 Å². The fourth-order valence-corrected chi connectivity index (χ4v) is 1.46. The highest BCUT2D eigenvalue weighted by Gasteiger charge is 2.28. The van der Waals surface area contributed by atoms with Crippen molar-refractivity contribution >= 4 is 5.91 Å². The van der Waals surface area contributed by atoms with E-state index in [0.29, 0.717) is 13.0 Å². The number of ether oxygens (including phenoxy) is 2. The number of amides is 1. The average Bonchev–Trinajstić information content (AvgIpc) is 2.21. The summed E-state index contributed by atoms with van der Waals surface area (Å²) in [6, 6.07) is 0. The normalized spacial score (nSPS) is 24.9. The van der Waals surface area contributed by atoms with Crippen LogP contribution in [0.4, 0.5) is 0 Å². The lowest BCUT2D eigenvalue weighted by atomic mass is 10.1. The van der Waals surface area contributed by atoms with Crippen LogP contribution in [0.15, 0.2) is 23.9 Å². The molecule has 1 N–H and O–H groups in total. The van der Waals surface area contributed by atoms with Crippen LogP contribution in [0.5, 0.6) is 0 Å². The third kappa shape index (κ3) is 3.18. The van der Waals surface area contributed by atoms with Gasteiger partial charge < -0.3 is 14.8 Å². The average molecular weight is 211 g/mol. The van der Waals surface area contributed by atoms with E-state index in [1.165, 1.54) is 6.92 Å². The molecule has 0 bridgehead atoms. The Morgan fingerprint density at radius 2 is 2.40 bits per heavy atom. The number of hydrogen-bond donors (Lipinski definition) is 1. The second-order valence-electron chi connectivity index (χ2n) is 3.33. The quantitative estimate of drug-likeness (QED) is 0.714. The van der Waals surface area contributed by atoms with Crippen molar-refractivity contribution in [3.8, 4) is 0 Å². The minimum atomic E-state index is -0.670. The molecule has 0 heterocycles. The van der Waals surface area contributed by atoms with E-state index in [-0.39, 0.29) is 5.91 Å². The van der Waals surface area contributed by atoms with Gasteiger partial charge in [0.2, 0.25) is 5.91 Å². The summed E-state index contributed by atoms with van der Waals surface area (Å²) in [5.41, 5.74) is 0.787. The number of hydrogen-bond acceptors (Lipinski definition) is 3. The SMILES string of the molecule is CCOC1(OC)C=CC(NC(C)=O)=CC1. The van der Waals surface area contributed by atoms with Crippen LogP contribution in [-0.2, 0) is 14.3 Å². The van der Waals surface area contributed by atoms with Crippen LogP contribution in [0.25, 0.3) is 0 Å². The predicted molar refractivity (Wildman–Crippen MR) is 57.0 cm³/mol. The molecule has 1 aliphatic carbocycles. The maximum Gasteiger partial charge on any atom is 0.221 e. The molecule has 0 saturated carbocycles. The molecule has 1 atom stereocenters. The lowest BCUT2D eigenvalue weighted by Gasteiger charge is -2.30. The Morgan fingerprint density at radius 1 is 1.67 bits per heavy atom. The van der Waals surface area contributed by atoms with Gasteiger partial charge in [-0.1, -0.05) is 6.08 Å². The van der Waals surface area contributed by atoms with Crippen molar-refractivity contribution in [2.24, 2.45) is 0 Å². The first-order valence-electron chi connectivity index (χ1n) is 4.98. The number of carbonyl (C=O) groups is 1. The summed E-state index contributed by atoms with van der Waals surface area (Å²) in [5, 5.41) is 2.71. The molecule has 0 saturated heterocycles. The summed E-state index contributed by atoms with van der Waals surface area (Å²) < 4.78 is 10.8. The van der Waals surface area contributed by atoms with Gasteiger partial charge in [-0.2, -0.15) is 0 Å². The summed E-state index contributed by atoms with van der Waals surface area (Å²) in [5.74, 6) is -0.747. The van der Waals surface area contributed by atoms with Crippen molar-refractivity contribution in [1.29, 1.82) is 0 Å². The van der Waals surface area contributed by atoms with Gasteiger partial charge in [0.05, 0.1) is 0 Å². The molecular formula is C11H17NO3. The topological polar surface area (TPSA) is 47.6 Å². The molecule has 4 heteroatoms. The third-order valence-electron chi connectivity index (χ3n) is 2.18. The second kappa shape index (κ2) is 5.09. The van der Waals surface area contributed by atoms with Gasteiger partial charge in [0.1, 0.15) is 0 Å². The van der Waals surface area contributed by atoms with E-state index in [4.69, 9.17) is 9.47 Å². The largest absolute Gasteiger partial charge is 0.349 e. The molecule has 4 nitrogen and oxygen atoms in total. The number of allylic oxidation sites excluding steroid dienone is 1. The van der Waals surface area contributed by atoms with Gasteiger partial charge in [0.25, 0.3) is 0 Å². The smallest absolute Gasteiger partial charge is 0.221 e. The Morgan fingerprint density at radius 3 is 2.80 bits per heavy atom. The standard InChI is InChI=1S/C11H17NO3/c1-4-15-11(14-3)7-5-10(6-8-11)12-9(2)13/h5-7H,4,8H2,1-3H3,(H,12,13). The summed E-state index contributed by atoms with van der Waals surface area (Å²) >= 11 is 0. The molecule has 0 aromatic carbocycles. The van der Waals surface area contributed by atoms with Crippen LogP contribution < -0.4 is 5.32 Å². The maximum absolute atomic E-state index is 10.8. The van der Waals surface area contributed by atoms with E-state index in [1.54, 1.807) is 13.2 Å². The van der Waals surface area contributed by atoms with E-state index >= 15 is 0 Å². The molecule has 15 heavy (non-hydrogen) atoms. The van der Waals surface area contributed by atoms with Gasteiger partial charge in [-0.25, -0.2) is 0 Å². The molecular weight excluding hydrogens is 194 g/mol. The van der Waals surface area contributed by atoms with Gasteiger partial charge in [0, 0.05) is 32.8 Å². The monoisotopic (exact) mass is 211 g/mol. The molecule has 1 unspecified atom stereocenters. The number of rotatable bonds is 4. The lowest BCUT2D eigenvalue weighted by molar-refractivity contribution is -0.183. The summed E-state index contributed by atoms with van der Waals surface area (Å²) in [6.45, 7) is 3.98. The molecule has 0 aromatic heterocycles. The van der Waals surface area contributed by atoms with Crippen molar-refractivity contribution in [3.63, 3.8) is 0 Å². The van der Waals surface area contributed by atoms with Crippen molar-refractivity contribution in [3.05, 3.63) is 23.9 Å². The van der Waals surface area contributed by atoms with E-state index in [1.807, 2.05) is 19.1 Å². The fourth-order valence-electron chi connectivity index (χ4n) is 1.46. The molecule has 0 radical (unpaired) electrons. The van der Waals surface area contributed by atoms with E-state index in [2.05, 4.69) is 5.32 Å². The van der Waals surface area contributed by atoms with Crippen LogP contribution >= 0.6 is 0 Å². The zero-order chi connectivity index (χ0) is 11.3. The molecule has 0 fully saturated rings. The molecule has 1 amide bonds. The van der Waals surface area contributed by atoms with E-state index in [0.717, 1.165) is 5.70 Å². The zero-order valence-corrected chi connectivity index (χ0v) is 9.37. The molecule has 1 aliphatic rings. The van der Waals surface area contributed by atoms with Gasteiger partial charge >= 0.3 is 0 Å². The van der Waals surface area contributed by atoms with Gasteiger partial charge in [-0.3, -0.25) is 4.79 Å². The Bertz CT molecular complexity index is 296. The molecule has 0 aliphatic heterocycles. The molecule has 1 rings (SSSR count). The third-order valence-corrected chi connectivity index (χ3v) is 2.18. The summed E-state index contributed by atoms with van der Waals surface area (Å²) in [4.78, 5) is 10.8. The van der Waals surface area contributed by atoms with Crippen molar-refractivity contribution in [2.45, 2.75) is 26.1 Å². The number of carbonyl (C=O) groups excluding carboxylic acids is 1. The fraction of sp³-hybridized carbons (Fsp3) is 0.545. The second-order valence-corrected chi connectivity index (χ2v) is 3.33. The predicted octanol–water partition coefficient (Wildman–Crippen LogP) is 1.35. The van der Waals surface area contributed by atoms with Crippen LogP contribution in [0.1, 0.15) is 20.3 Å². The van der Waals surface area contributed by atoms with Crippen molar-refractivity contribution < 1.29 is 14.3 Å². The van der Waals surface area contributed by atoms with Crippen molar-refractivity contribution in [1.82, 2.24) is 5.32 Å². The maximum atomic E-state index is 10.8. The van der Waals surface area contributed by atoms with Crippen LogP contribution in [0.3, 0.4) is 0 Å². The summed E-state index contributed by atoms with van der Waals surface area (Å²) in [6.07, 6.45) is 6.11. The molecule has 0 spiro atoms. The number of nitrogens with one attached hydrogen (secondary N) is 1. The Balaban J connectivity index is 2.63. The molecule has 0 aromatic rings. The first-order chi connectivity index (χ1) is 7.12. The van der Waals surface area contributed by atoms with E-state index < -0.39 is 5.79 Å². The first-order valence-corrected chi connectivity index (χ1v) is 4.98. The highest BCUT2D eigenvalue weighted by molar-refractivity contribution is 5.75. The van der Waals surface area contributed by atoms with Crippen LogP contribution in [0.2, 0.25) is 0 Å². The van der Waals surface area contributed by atoms with Crippen LogP contribution in [0, 0.1) is 0 Å². The van der Waals surface area contributed by atoms with E-state index in [9.17, 15) is 4.79 Å². The van der Waals surface area contributed by atoms with Gasteiger partial charge in [-0.05, 0) is 19.1 Å². The minimum absolute atomic E-state index is 0.0766.